The fourth-order valence-electron chi connectivity index (χ4n) is 2.05. The van der Waals surface area contributed by atoms with Gasteiger partial charge in [-0.15, -0.1) is 0 Å². The number of morpholine rings is 1. The molecule has 0 aromatic heterocycles. The average Bonchev–Trinajstić information content (AvgIpc) is 2.54. The number of ether oxygens (including phenoxy) is 2. The van der Waals surface area contributed by atoms with Gasteiger partial charge in [0.1, 0.15) is 12.6 Å². The summed E-state index contributed by atoms with van der Waals surface area (Å²) in [4.78, 5) is 25.4. The third kappa shape index (κ3) is 4.84. The topological polar surface area (TPSA) is 81.9 Å². The minimum atomic E-state index is -0.927. The van der Waals surface area contributed by atoms with Crippen LogP contribution in [0.2, 0.25) is 0 Å². The van der Waals surface area contributed by atoms with E-state index in [0.717, 1.165) is 5.56 Å². The standard InChI is InChI=1S/C15H20N2O4/c16-13(10-14(18)17-6-8-20-9-7-17)15(19)21-11-12-4-2-1-3-5-12/h1-5,13H,6-11,16H2/t13-/m1/s1. The molecule has 1 heterocycles. The Morgan fingerprint density at radius 2 is 1.90 bits per heavy atom. The summed E-state index contributed by atoms with van der Waals surface area (Å²) in [5.74, 6) is -0.692. The van der Waals surface area contributed by atoms with Crippen molar-refractivity contribution >= 4 is 11.9 Å². The smallest absolute Gasteiger partial charge is 0.323 e. The molecule has 0 aliphatic carbocycles. The number of rotatable bonds is 5. The minimum Gasteiger partial charge on any atom is -0.460 e. The van der Waals surface area contributed by atoms with Gasteiger partial charge in [0.15, 0.2) is 0 Å². The summed E-state index contributed by atoms with van der Waals surface area (Å²) in [6, 6.07) is 8.41. The van der Waals surface area contributed by atoms with Crippen LogP contribution in [0.3, 0.4) is 0 Å². The normalized spacial score (nSPS) is 16.3. The Morgan fingerprint density at radius 3 is 2.57 bits per heavy atom. The van der Waals surface area contributed by atoms with Gasteiger partial charge >= 0.3 is 5.97 Å². The highest BCUT2D eigenvalue weighted by molar-refractivity contribution is 5.85. The largest absolute Gasteiger partial charge is 0.460 e. The first-order valence-electron chi connectivity index (χ1n) is 6.98. The molecule has 1 aromatic rings. The molecule has 1 amide bonds. The van der Waals surface area contributed by atoms with Crippen LogP contribution < -0.4 is 5.73 Å². The molecule has 6 nitrogen and oxygen atoms in total. The molecule has 0 unspecified atom stereocenters. The molecule has 2 rings (SSSR count). The van der Waals surface area contributed by atoms with Crippen LogP contribution in [0.1, 0.15) is 12.0 Å². The highest BCUT2D eigenvalue weighted by atomic mass is 16.5. The molecule has 1 saturated heterocycles. The molecule has 114 valence electrons. The predicted octanol–water partition coefficient (Wildman–Crippen LogP) is 0.306. The SMILES string of the molecule is N[C@H](CC(=O)N1CCOCC1)C(=O)OCc1ccccc1. The van der Waals surface area contributed by atoms with Crippen molar-refractivity contribution in [3.8, 4) is 0 Å². The Hall–Kier alpha value is -1.92. The Kier molecular flexibility index (Phi) is 5.71. The van der Waals surface area contributed by atoms with Crippen LogP contribution in [0.25, 0.3) is 0 Å². The number of nitrogens with zero attached hydrogens (tertiary/aromatic N) is 1. The fourth-order valence-corrected chi connectivity index (χ4v) is 2.05. The van der Waals surface area contributed by atoms with Gasteiger partial charge in [0.2, 0.25) is 5.91 Å². The molecule has 1 aliphatic rings. The number of benzene rings is 1. The van der Waals surface area contributed by atoms with Crippen molar-refractivity contribution in [2.75, 3.05) is 26.3 Å². The van der Waals surface area contributed by atoms with E-state index in [9.17, 15) is 9.59 Å². The number of amides is 1. The van der Waals surface area contributed by atoms with Gasteiger partial charge in [-0.3, -0.25) is 9.59 Å². The van der Waals surface area contributed by atoms with Crippen LogP contribution in [0, 0.1) is 0 Å². The van der Waals surface area contributed by atoms with E-state index in [1.54, 1.807) is 4.90 Å². The summed E-state index contributed by atoms with van der Waals surface area (Å²) in [5.41, 5.74) is 6.62. The molecular formula is C15H20N2O4. The predicted molar refractivity (Wildman–Crippen MR) is 76.2 cm³/mol. The second kappa shape index (κ2) is 7.75. The lowest BCUT2D eigenvalue weighted by molar-refractivity contribution is -0.149. The molecule has 0 saturated carbocycles. The maximum absolute atomic E-state index is 12.0. The van der Waals surface area contributed by atoms with Gasteiger partial charge in [-0.25, -0.2) is 0 Å². The quantitative estimate of drug-likeness (QED) is 0.790. The lowest BCUT2D eigenvalue weighted by Gasteiger charge is -2.27. The van der Waals surface area contributed by atoms with E-state index in [0.29, 0.717) is 26.3 Å². The summed E-state index contributed by atoms with van der Waals surface area (Å²) < 4.78 is 10.3. The lowest BCUT2D eigenvalue weighted by Crippen LogP contribution is -2.44. The Balaban J connectivity index is 1.75. The second-order valence-electron chi connectivity index (χ2n) is 4.90. The summed E-state index contributed by atoms with van der Waals surface area (Å²) in [6.07, 6.45) is -0.0341. The van der Waals surface area contributed by atoms with Crippen LogP contribution in [0.5, 0.6) is 0 Å². The first-order chi connectivity index (χ1) is 10.2. The van der Waals surface area contributed by atoms with E-state index in [1.165, 1.54) is 0 Å². The highest BCUT2D eigenvalue weighted by Gasteiger charge is 2.23. The lowest BCUT2D eigenvalue weighted by atomic mass is 10.2. The van der Waals surface area contributed by atoms with E-state index in [2.05, 4.69) is 0 Å². The first-order valence-corrected chi connectivity index (χ1v) is 6.98. The maximum Gasteiger partial charge on any atom is 0.323 e. The van der Waals surface area contributed by atoms with Crippen molar-refractivity contribution in [2.45, 2.75) is 19.1 Å². The molecule has 1 atom stereocenters. The molecule has 1 aromatic carbocycles. The summed E-state index contributed by atoms with van der Waals surface area (Å²) >= 11 is 0. The first kappa shape index (κ1) is 15.5. The summed E-state index contributed by atoms with van der Waals surface area (Å²) in [7, 11) is 0. The Morgan fingerprint density at radius 1 is 1.24 bits per heavy atom. The molecule has 0 bridgehead atoms. The van der Waals surface area contributed by atoms with E-state index in [1.807, 2.05) is 30.3 Å². The van der Waals surface area contributed by atoms with Crippen molar-refractivity contribution in [2.24, 2.45) is 5.73 Å². The zero-order valence-electron chi connectivity index (χ0n) is 11.9. The van der Waals surface area contributed by atoms with Gasteiger partial charge in [0.05, 0.1) is 19.6 Å². The number of esters is 1. The number of hydrogen-bond acceptors (Lipinski definition) is 5. The zero-order valence-corrected chi connectivity index (χ0v) is 11.9. The molecule has 6 heteroatoms. The van der Waals surface area contributed by atoms with Gasteiger partial charge in [-0.2, -0.15) is 0 Å². The van der Waals surface area contributed by atoms with Crippen molar-refractivity contribution in [1.82, 2.24) is 4.90 Å². The van der Waals surface area contributed by atoms with E-state index in [4.69, 9.17) is 15.2 Å². The van der Waals surface area contributed by atoms with Crippen molar-refractivity contribution < 1.29 is 19.1 Å². The van der Waals surface area contributed by atoms with Gasteiger partial charge in [0.25, 0.3) is 0 Å². The molecule has 1 fully saturated rings. The van der Waals surface area contributed by atoms with E-state index >= 15 is 0 Å². The average molecular weight is 292 g/mol. The van der Waals surface area contributed by atoms with E-state index < -0.39 is 12.0 Å². The van der Waals surface area contributed by atoms with Crippen LogP contribution in [0.4, 0.5) is 0 Å². The number of carbonyl (C=O) groups is 2. The van der Waals surface area contributed by atoms with Gasteiger partial charge < -0.3 is 20.1 Å². The fraction of sp³-hybridized carbons (Fsp3) is 0.467. The summed E-state index contributed by atoms with van der Waals surface area (Å²) in [6.45, 7) is 2.31. The van der Waals surface area contributed by atoms with Gasteiger partial charge in [-0.05, 0) is 5.56 Å². The highest BCUT2D eigenvalue weighted by Crippen LogP contribution is 2.05. The van der Waals surface area contributed by atoms with Crippen molar-refractivity contribution in [3.63, 3.8) is 0 Å². The third-order valence-corrected chi connectivity index (χ3v) is 3.28. The molecule has 0 spiro atoms. The second-order valence-corrected chi connectivity index (χ2v) is 4.90. The maximum atomic E-state index is 12.0. The van der Waals surface area contributed by atoms with Crippen molar-refractivity contribution in [1.29, 1.82) is 0 Å². The number of carbonyl (C=O) groups excluding carboxylic acids is 2. The minimum absolute atomic E-state index is 0.0341. The van der Waals surface area contributed by atoms with E-state index in [-0.39, 0.29) is 18.9 Å². The zero-order chi connectivity index (χ0) is 15.1. The molecule has 21 heavy (non-hydrogen) atoms. The molecule has 1 aliphatic heterocycles. The van der Waals surface area contributed by atoms with Crippen LogP contribution in [-0.2, 0) is 25.7 Å². The summed E-state index contributed by atoms with van der Waals surface area (Å²) in [5, 5.41) is 0. The number of hydrogen-bond donors (Lipinski definition) is 1. The monoisotopic (exact) mass is 292 g/mol. The third-order valence-electron chi connectivity index (χ3n) is 3.28. The molecule has 2 N–H and O–H groups in total. The van der Waals surface area contributed by atoms with Crippen molar-refractivity contribution in [3.05, 3.63) is 35.9 Å². The van der Waals surface area contributed by atoms with Crippen LogP contribution in [0.15, 0.2) is 30.3 Å². The number of nitrogens with two attached hydrogens (primary N) is 1. The van der Waals surface area contributed by atoms with Gasteiger partial charge in [0, 0.05) is 13.1 Å². The van der Waals surface area contributed by atoms with Crippen LogP contribution >= 0.6 is 0 Å². The molecule has 0 radical (unpaired) electrons. The van der Waals surface area contributed by atoms with Gasteiger partial charge in [-0.1, -0.05) is 30.3 Å². The molecular weight excluding hydrogens is 272 g/mol. The Labute approximate surface area is 123 Å². The van der Waals surface area contributed by atoms with Crippen LogP contribution in [-0.4, -0.2) is 49.1 Å². The Bertz CT molecular complexity index is 472.